The Balaban J connectivity index is 1.86. The minimum Gasteiger partial charge on any atom is -0.331 e. The number of amides is 1. The average molecular weight is 406 g/mol. The second-order valence-corrected chi connectivity index (χ2v) is 7.14. The van der Waals surface area contributed by atoms with Crippen LogP contribution in [0, 0.1) is 0 Å². The van der Waals surface area contributed by atoms with E-state index < -0.39 is 0 Å². The Kier molecular flexibility index (Phi) is 5.99. The molecule has 4 rings (SSSR count). The molecule has 31 heavy (non-hydrogen) atoms. The Morgan fingerprint density at radius 1 is 0.742 bits per heavy atom. The minimum atomic E-state index is -0.0862. The first-order valence-electron chi connectivity index (χ1n) is 10.1. The van der Waals surface area contributed by atoms with E-state index in [1.807, 2.05) is 72.8 Å². The van der Waals surface area contributed by atoms with Gasteiger partial charge in [-0.15, -0.1) is 13.2 Å². The van der Waals surface area contributed by atoms with Gasteiger partial charge < -0.3 is 4.90 Å². The molecule has 4 heteroatoms. The molecule has 0 spiro atoms. The predicted molar refractivity (Wildman–Crippen MR) is 127 cm³/mol. The fraction of sp³-hybridized carbons (Fsp3) is 0.0741. The van der Waals surface area contributed by atoms with Gasteiger partial charge in [-0.25, -0.2) is 9.97 Å². The molecule has 0 radical (unpaired) electrons. The fourth-order valence-corrected chi connectivity index (χ4v) is 3.52. The van der Waals surface area contributed by atoms with Crippen LogP contribution in [0.4, 0.5) is 0 Å². The Morgan fingerprint density at radius 2 is 1.26 bits per heavy atom. The van der Waals surface area contributed by atoms with Crippen LogP contribution in [0.5, 0.6) is 0 Å². The molecule has 0 saturated carbocycles. The Bertz CT molecular complexity index is 1220. The maximum Gasteiger partial charge on any atom is 0.254 e. The predicted octanol–water partition coefficient (Wildman–Crippen LogP) is 5.78. The van der Waals surface area contributed by atoms with E-state index in [0.717, 1.165) is 28.0 Å². The summed E-state index contributed by atoms with van der Waals surface area (Å²) < 4.78 is 0. The second kappa shape index (κ2) is 9.18. The molecule has 0 unspecified atom stereocenters. The standard InChI is InChI=1S/C27H23N3O/c1-3-17-30(18-4-2)27(31)22-15-16-23-24(19-22)29-26(21-13-9-6-10-14-21)25(28-23)20-11-7-5-8-12-20/h3-16,19H,1-2,17-18H2. The van der Waals surface area contributed by atoms with Crippen molar-refractivity contribution in [3.8, 4) is 22.5 Å². The number of aromatic nitrogens is 2. The summed E-state index contributed by atoms with van der Waals surface area (Å²) in [6.45, 7) is 8.39. The van der Waals surface area contributed by atoms with Gasteiger partial charge in [0.05, 0.1) is 22.4 Å². The number of rotatable bonds is 7. The van der Waals surface area contributed by atoms with Crippen molar-refractivity contribution >= 4 is 16.9 Å². The van der Waals surface area contributed by atoms with E-state index in [0.29, 0.717) is 24.2 Å². The molecule has 1 amide bonds. The lowest BCUT2D eigenvalue weighted by Crippen LogP contribution is -2.31. The van der Waals surface area contributed by atoms with E-state index in [2.05, 4.69) is 13.2 Å². The number of benzene rings is 3. The van der Waals surface area contributed by atoms with Crippen molar-refractivity contribution < 1.29 is 4.79 Å². The van der Waals surface area contributed by atoms with Crippen LogP contribution in [-0.2, 0) is 0 Å². The van der Waals surface area contributed by atoms with Crippen LogP contribution < -0.4 is 0 Å². The third-order valence-electron chi connectivity index (χ3n) is 4.99. The van der Waals surface area contributed by atoms with Crippen LogP contribution in [0.15, 0.2) is 104 Å². The maximum atomic E-state index is 13.0. The van der Waals surface area contributed by atoms with Gasteiger partial charge in [0.2, 0.25) is 0 Å². The monoisotopic (exact) mass is 405 g/mol. The summed E-state index contributed by atoms with van der Waals surface area (Å²) in [6.07, 6.45) is 3.42. The van der Waals surface area contributed by atoms with E-state index >= 15 is 0 Å². The van der Waals surface area contributed by atoms with Crippen molar-refractivity contribution in [2.45, 2.75) is 0 Å². The molecular formula is C27H23N3O. The van der Waals surface area contributed by atoms with E-state index in [1.165, 1.54) is 0 Å². The molecule has 152 valence electrons. The number of fused-ring (bicyclic) bond motifs is 1. The zero-order chi connectivity index (χ0) is 21.6. The van der Waals surface area contributed by atoms with Gasteiger partial charge >= 0.3 is 0 Å². The Hall–Kier alpha value is -4.05. The van der Waals surface area contributed by atoms with Crippen LogP contribution in [0.25, 0.3) is 33.5 Å². The zero-order valence-corrected chi connectivity index (χ0v) is 17.2. The topological polar surface area (TPSA) is 46.1 Å². The normalized spacial score (nSPS) is 10.6. The largest absolute Gasteiger partial charge is 0.331 e. The van der Waals surface area contributed by atoms with Crippen molar-refractivity contribution in [2.24, 2.45) is 0 Å². The van der Waals surface area contributed by atoms with Crippen LogP contribution in [0.2, 0.25) is 0 Å². The van der Waals surface area contributed by atoms with Crippen molar-refractivity contribution in [3.63, 3.8) is 0 Å². The lowest BCUT2D eigenvalue weighted by atomic mass is 10.0. The lowest BCUT2D eigenvalue weighted by Gasteiger charge is -2.19. The highest BCUT2D eigenvalue weighted by Crippen LogP contribution is 2.31. The van der Waals surface area contributed by atoms with Gasteiger partial charge in [0.25, 0.3) is 5.91 Å². The molecule has 0 saturated heterocycles. The number of nitrogens with zero attached hydrogens (tertiary/aromatic N) is 3. The second-order valence-electron chi connectivity index (χ2n) is 7.14. The van der Waals surface area contributed by atoms with Crippen LogP contribution in [0.3, 0.4) is 0 Å². The van der Waals surface area contributed by atoms with Crippen molar-refractivity contribution in [1.82, 2.24) is 14.9 Å². The molecule has 0 atom stereocenters. The summed E-state index contributed by atoms with van der Waals surface area (Å²) in [4.78, 5) is 24.5. The highest BCUT2D eigenvalue weighted by molar-refractivity contribution is 5.98. The van der Waals surface area contributed by atoms with Gasteiger partial charge in [-0.05, 0) is 18.2 Å². The quantitative estimate of drug-likeness (QED) is 0.366. The Labute approximate surface area is 182 Å². The number of carbonyl (C=O) groups is 1. The third kappa shape index (κ3) is 4.28. The van der Waals surface area contributed by atoms with Gasteiger partial charge in [0.15, 0.2) is 0 Å². The van der Waals surface area contributed by atoms with Gasteiger partial charge in [-0.2, -0.15) is 0 Å². The molecule has 4 nitrogen and oxygen atoms in total. The summed E-state index contributed by atoms with van der Waals surface area (Å²) in [5.74, 6) is -0.0862. The highest BCUT2D eigenvalue weighted by Gasteiger charge is 2.17. The first-order valence-corrected chi connectivity index (χ1v) is 10.1. The minimum absolute atomic E-state index is 0.0862. The SMILES string of the molecule is C=CCN(CC=C)C(=O)c1ccc2nc(-c3ccccc3)c(-c3ccccc3)nc2c1. The molecule has 3 aromatic carbocycles. The van der Waals surface area contributed by atoms with E-state index in [4.69, 9.17) is 9.97 Å². The van der Waals surface area contributed by atoms with E-state index in [-0.39, 0.29) is 5.91 Å². The molecule has 0 N–H and O–H groups in total. The molecule has 0 aliphatic heterocycles. The first-order chi connectivity index (χ1) is 15.2. The van der Waals surface area contributed by atoms with Gasteiger partial charge in [-0.3, -0.25) is 4.79 Å². The summed E-state index contributed by atoms with van der Waals surface area (Å²) in [5.41, 5.74) is 5.58. The van der Waals surface area contributed by atoms with Crippen LogP contribution >= 0.6 is 0 Å². The van der Waals surface area contributed by atoms with Crippen molar-refractivity contribution in [3.05, 3.63) is 110 Å². The smallest absolute Gasteiger partial charge is 0.254 e. The van der Waals surface area contributed by atoms with Gasteiger partial charge in [-0.1, -0.05) is 72.8 Å². The summed E-state index contributed by atoms with van der Waals surface area (Å²) >= 11 is 0. The molecule has 0 bridgehead atoms. The van der Waals surface area contributed by atoms with Crippen LogP contribution in [-0.4, -0.2) is 33.9 Å². The average Bonchev–Trinajstić information content (AvgIpc) is 2.83. The lowest BCUT2D eigenvalue weighted by molar-refractivity contribution is 0.0791. The van der Waals surface area contributed by atoms with Gasteiger partial charge in [0, 0.05) is 29.8 Å². The Morgan fingerprint density at radius 3 is 1.77 bits per heavy atom. The highest BCUT2D eigenvalue weighted by atomic mass is 16.2. The summed E-state index contributed by atoms with van der Waals surface area (Å²) in [6, 6.07) is 25.5. The molecule has 0 aliphatic rings. The van der Waals surface area contributed by atoms with Crippen molar-refractivity contribution in [2.75, 3.05) is 13.1 Å². The molecule has 4 aromatic rings. The third-order valence-corrected chi connectivity index (χ3v) is 4.99. The molecule has 0 aliphatic carbocycles. The van der Waals surface area contributed by atoms with E-state index in [9.17, 15) is 4.79 Å². The van der Waals surface area contributed by atoms with E-state index in [1.54, 1.807) is 23.1 Å². The first kappa shape index (κ1) is 20.2. The van der Waals surface area contributed by atoms with Gasteiger partial charge in [0.1, 0.15) is 0 Å². The molecule has 1 heterocycles. The zero-order valence-electron chi connectivity index (χ0n) is 17.2. The summed E-state index contributed by atoms with van der Waals surface area (Å²) in [7, 11) is 0. The number of carbonyl (C=O) groups excluding carboxylic acids is 1. The van der Waals surface area contributed by atoms with Crippen LogP contribution in [0.1, 0.15) is 10.4 Å². The molecular weight excluding hydrogens is 382 g/mol. The number of hydrogen-bond donors (Lipinski definition) is 0. The fourth-order valence-electron chi connectivity index (χ4n) is 3.52. The number of hydrogen-bond acceptors (Lipinski definition) is 3. The molecule has 1 aromatic heterocycles. The molecule has 0 fully saturated rings. The maximum absolute atomic E-state index is 13.0. The van der Waals surface area contributed by atoms with Crippen molar-refractivity contribution in [1.29, 1.82) is 0 Å². The summed E-state index contributed by atoms with van der Waals surface area (Å²) in [5, 5.41) is 0.